The van der Waals surface area contributed by atoms with E-state index in [2.05, 4.69) is 17.4 Å². The van der Waals surface area contributed by atoms with Gasteiger partial charge < -0.3 is 19.7 Å². The number of rotatable bonds is 8. The van der Waals surface area contributed by atoms with Gasteiger partial charge in [0.2, 0.25) is 5.91 Å². The second-order valence-electron chi connectivity index (χ2n) is 8.83. The van der Waals surface area contributed by atoms with E-state index in [0.29, 0.717) is 43.2 Å². The molecule has 0 spiro atoms. The zero-order valence-corrected chi connectivity index (χ0v) is 21.2. The molecule has 188 valence electrons. The second-order valence-corrected chi connectivity index (χ2v) is 9.24. The number of ether oxygens (including phenoxy) is 2. The minimum Gasteiger partial charge on any atom is -0.495 e. The third-order valence-corrected chi connectivity index (χ3v) is 6.74. The van der Waals surface area contributed by atoms with Gasteiger partial charge in [0, 0.05) is 32.0 Å². The smallest absolute Gasteiger partial charge is 0.407 e. The molecule has 0 aliphatic carbocycles. The normalized spacial score (nSPS) is 14.9. The van der Waals surface area contributed by atoms with Crippen LogP contribution in [0.25, 0.3) is 0 Å². The van der Waals surface area contributed by atoms with E-state index in [1.165, 1.54) is 0 Å². The average Bonchev–Trinajstić information content (AvgIpc) is 3.10. The number of alkyl carbamates (subject to hydrolysis) is 1. The molecule has 36 heavy (non-hydrogen) atoms. The fourth-order valence-corrected chi connectivity index (χ4v) is 4.80. The van der Waals surface area contributed by atoms with Crippen LogP contribution in [0.15, 0.2) is 72.8 Å². The van der Waals surface area contributed by atoms with Gasteiger partial charge in [0.15, 0.2) is 0 Å². The van der Waals surface area contributed by atoms with Crippen LogP contribution >= 0.6 is 11.6 Å². The highest BCUT2D eigenvalue weighted by Crippen LogP contribution is 2.37. The van der Waals surface area contributed by atoms with E-state index >= 15 is 0 Å². The van der Waals surface area contributed by atoms with Crippen molar-refractivity contribution in [3.8, 4) is 5.75 Å². The monoisotopic (exact) mass is 506 g/mol. The molecule has 0 saturated heterocycles. The van der Waals surface area contributed by atoms with E-state index < -0.39 is 6.09 Å². The molecule has 7 heteroatoms. The minimum atomic E-state index is -0.480. The molecule has 0 radical (unpaired) electrons. The van der Waals surface area contributed by atoms with Crippen molar-refractivity contribution in [2.24, 2.45) is 0 Å². The molecule has 0 aromatic heterocycles. The fraction of sp³-hybridized carbons (Fsp3) is 0.310. The summed E-state index contributed by atoms with van der Waals surface area (Å²) >= 11 is 6.42. The Morgan fingerprint density at radius 3 is 2.50 bits per heavy atom. The number of nitrogens with one attached hydrogen (secondary N) is 1. The lowest BCUT2D eigenvalue weighted by molar-refractivity contribution is -0.131. The summed E-state index contributed by atoms with van der Waals surface area (Å²) in [6, 6.07) is 23.7. The molecule has 2 amide bonds. The molecular weight excluding hydrogens is 476 g/mol. The molecule has 1 N–H and O–H groups in total. The Kier molecular flexibility index (Phi) is 8.85. The van der Waals surface area contributed by atoms with Gasteiger partial charge >= 0.3 is 6.09 Å². The molecular formula is C29H31ClN2O4. The maximum absolute atomic E-state index is 13.2. The minimum absolute atomic E-state index is 0.0184. The second kappa shape index (κ2) is 12.5. The standard InChI is InChI=1S/C29H31ClN2O4/c1-35-27-18-24-23(17-26(27)30)14-16-32(19-25(24)22-11-6-3-7-12-22)28(33)13-8-15-31-29(34)36-20-21-9-4-2-5-10-21/h2-7,9-12,17-18,25H,8,13-16,19-20H2,1H3,(H,31,34). The first-order valence-corrected chi connectivity index (χ1v) is 12.6. The van der Waals surface area contributed by atoms with Gasteiger partial charge in [-0.2, -0.15) is 0 Å². The highest BCUT2D eigenvalue weighted by Gasteiger charge is 2.28. The van der Waals surface area contributed by atoms with Crippen molar-refractivity contribution in [3.05, 3.63) is 100 Å². The first-order valence-electron chi connectivity index (χ1n) is 12.2. The number of nitrogens with zero attached hydrogens (tertiary/aromatic N) is 1. The summed E-state index contributed by atoms with van der Waals surface area (Å²) in [6.07, 6.45) is 1.13. The van der Waals surface area contributed by atoms with Crippen molar-refractivity contribution >= 4 is 23.6 Å². The first-order chi connectivity index (χ1) is 17.5. The van der Waals surface area contributed by atoms with E-state index in [9.17, 15) is 9.59 Å². The van der Waals surface area contributed by atoms with Crippen molar-refractivity contribution in [3.63, 3.8) is 0 Å². The fourth-order valence-electron chi connectivity index (χ4n) is 4.53. The molecule has 6 nitrogen and oxygen atoms in total. The van der Waals surface area contributed by atoms with Gasteiger partial charge in [0.25, 0.3) is 0 Å². The Balaban J connectivity index is 1.35. The summed E-state index contributed by atoms with van der Waals surface area (Å²) in [5.41, 5.74) is 4.34. The molecule has 1 heterocycles. The van der Waals surface area contributed by atoms with Crippen LogP contribution in [-0.2, 0) is 22.6 Å². The van der Waals surface area contributed by atoms with Crippen LogP contribution in [0.2, 0.25) is 5.02 Å². The van der Waals surface area contributed by atoms with Crippen molar-refractivity contribution < 1.29 is 19.1 Å². The van der Waals surface area contributed by atoms with Crippen LogP contribution in [0.5, 0.6) is 5.75 Å². The van der Waals surface area contributed by atoms with Gasteiger partial charge in [-0.3, -0.25) is 4.79 Å². The van der Waals surface area contributed by atoms with Crippen LogP contribution < -0.4 is 10.1 Å². The molecule has 4 rings (SSSR count). The lowest BCUT2D eigenvalue weighted by atomic mass is 9.88. The van der Waals surface area contributed by atoms with E-state index in [1.54, 1.807) is 7.11 Å². The number of carbonyl (C=O) groups is 2. The summed E-state index contributed by atoms with van der Waals surface area (Å²) in [7, 11) is 1.61. The quantitative estimate of drug-likeness (QED) is 0.405. The Hall–Kier alpha value is -3.51. The van der Waals surface area contributed by atoms with Gasteiger partial charge in [-0.05, 0) is 47.2 Å². The summed E-state index contributed by atoms with van der Waals surface area (Å²) in [5.74, 6) is 0.729. The van der Waals surface area contributed by atoms with Crippen LogP contribution in [0, 0.1) is 0 Å². The first kappa shape index (κ1) is 25.6. The zero-order valence-electron chi connectivity index (χ0n) is 20.4. The van der Waals surface area contributed by atoms with Crippen LogP contribution in [-0.4, -0.2) is 43.6 Å². The topological polar surface area (TPSA) is 67.9 Å². The predicted molar refractivity (Wildman–Crippen MR) is 140 cm³/mol. The van der Waals surface area contributed by atoms with Crippen LogP contribution in [0.1, 0.15) is 41.0 Å². The molecule has 0 bridgehead atoms. The predicted octanol–water partition coefficient (Wildman–Crippen LogP) is 5.57. The van der Waals surface area contributed by atoms with Gasteiger partial charge in [-0.25, -0.2) is 4.79 Å². The Morgan fingerprint density at radius 2 is 1.78 bits per heavy atom. The number of amides is 2. The van der Waals surface area contributed by atoms with E-state index in [0.717, 1.165) is 28.7 Å². The number of hydrogen-bond donors (Lipinski definition) is 1. The third-order valence-electron chi connectivity index (χ3n) is 6.45. The molecule has 1 aliphatic heterocycles. The Bertz CT molecular complexity index is 1170. The molecule has 0 fully saturated rings. The van der Waals surface area contributed by atoms with Crippen molar-refractivity contribution in [1.29, 1.82) is 0 Å². The third kappa shape index (κ3) is 6.58. The van der Waals surface area contributed by atoms with Gasteiger partial charge in [-0.15, -0.1) is 0 Å². The average molecular weight is 507 g/mol. The molecule has 1 aliphatic rings. The maximum atomic E-state index is 13.2. The number of halogens is 1. The van der Waals surface area contributed by atoms with E-state index in [1.807, 2.05) is 65.6 Å². The van der Waals surface area contributed by atoms with Crippen LogP contribution in [0.4, 0.5) is 4.79 Å². The largest absolute Gasteiger partial charge is 0.495 e. The van der Waals surface area contributed by atoms with Crippen LogP contribution in [0.3, 0.4) is 0 Å². The van der Waals surface area contributed by atoms with Gasteiger partial charge in [0.05, 0.1) is 12.1 Å². The molecule has 3 aromatic carbocycles. The molecule has 0 saturated carbocycles. The van der Waals surface area contributed by atoms with Crippen molar-refractivity contribution in [2.45, 2.75) is 31.8 Å². The summed E-state index contributed by atoms with van der Waals surface area (Å²) in [6.45, 7) is 1.79. The lowest BCUT2D eigenvalue weighted by Gasteiger charge is -2.26. The molecule has 1 atom stereocenters. The summed E-state index contributed by atoms with van der Waals surface area (Å²) < 4.78 is 10.7. The zero-order chi connectivity index (χ0) is 25.3. The maximum Gasteiger partial charge on any atom is 0.407 e. The highest BCUT2D eigenvalue weighted by molar-refractivity contribution is 6.32. The Morgan fingerprint density at radius 1 is 1.06 bits per heavy atom. The number of benzene rings is 3. The SMILES string of the molecule is COc1cc2c(cc1Cl)CCN(C(=O)CCCNC(=O)OCc1ccccc1)CC2c1ccccc1. The molecule has 1 unspecified atom stereocenters. The highest BCUT2D eigenvalue weighted by atomic mass is 35.5. The Labute approximate surface area is 217 Å². The van der Waals surface area contributed by atoms with Crippen molar-refractivity contribution in [2.75, 3.05) is 26.7 Å². The van der Waals surface area contributed by atoms with Crippen molar-refractivity contribution in [1.82, 2.24) is 10.2 Å². The number of carbonyl (C=O) groups excluding carboxylic acids is 2. The number of methoxy groups -OCH3 is 1. The summed E-state index contributed by atoms with van der Waals surface area (Å²) in [5, 5.41) is 3.31. The number of fused-ring (bicyclic) bond motifs is 1. The summed E-state index contributed by atoms with van der Waals surface area (Å²) in [4.78, 5) is 27.0. The van der Waals surface area contributed by atoms with E-state index in [4.69, 9.17) is 21.1 Å². The van der Waals surface area contributed by atoms with Gasteiger partial charge in [0.1, 0.15) is 12.4 Å². The molecule has 3 aromatic rings. The number of hydrogen-bond acceptors (Lipinski definition) is 4. The van der Waals surface area contributed by atoms with E-state index in [-0.39, 0.29) is 18.4 Å². The van der Waals surface area contributed by atoms with Gasteiger partial charge in [-0.1, -0.05) is 72.3 Å². The lowest BCUT2D eigenvalue weighted by Crippen LogP contribution is -2.35.